The zero-order valence-electron chi connectivity index (χ0n) is 10.5. The first kappa shape index (κ1) is 14.0. The first-order valence-electron chi connectivity index (χ1n) is 5.78. The lowest BCUT2D eigenvalue weighted by atomic mass is 10.2. The zero-order valence-corrected chi connectivity index (χ0v) is 12.9. The Hall–Kier alpha value is -1.46. The van der Waals surface area contributed by atoms with Crippen LogP contribution in [-0.2, 0) is 6.54 Å². The quantitative estimate of drug-likeness (QED) is 0.871. The van der Waals surface area contributed by atoms with Crippen molar-refractivity contribution in [3.63, 3.8) is 0 Å². The van der Waals surface area contributed by atoms with Gasteiger partial charge in [-0.1, -0.05) is 46.3 Å². The molecular formula is C14H14BrN3S. The SMILES string of the molecule is CN(Cc1ccc(Br)cc1)c1cccc(C(N)=S)n1. The van der Waals surface area contributed by atoms with Crippen LogP contribution in [0.5, 0.6) is 0 Å². The largest absolute Gasteiger partial charge is 0.388 e. The minimum Gasteiger partial charge on any atom is -0.388 e. The van der Waals surface area contributed by atoms with E-state index >= 15 is 0 Å². The molecule has 0 spiro atoms. The fourth-order valence-corrected chi connectivity index (χ4v) is 2.10. The summed E-state index contributed by atoms with van der Waals surface area (Å²) in [5.74, 6) is 0.855. The third-order valence-electron chi connectivity index (χ3n) is 2.71. The number of pyridine rings is 1. The van der Waals surface area contributed by atoms with E-state index in [0.717, 1.165) is 16.8 Å². The summed E-state index contributed by atoms with van der Waals surface area (Å²) < 4.78 is 1.08. The number of rotatable bonds is 4. The Bertz CT molecular complexity index is 583. The lowest BCUT2D eigenvalue weighted by Gasteiger charge is -2.18. The number of thiocarbonyl (C=S) groups is 1. The second-order valence-electron chi connectivity index (χ2n) is 4.23. The van der Waals surface area contributed by atoms with E-state index in [-0.39, 0.29) is 0 Å². The van der Waals surface area contributed by atoms with Gasteiger partial charge in [-0.2, -0.15) is 0 Å². The molecule has 3 nitrogen and oxygen atoms in total. The van der Waals surface area contributed by atoms with E-state index in [4.69, 9.17) is 18.0 Å². The average molecular weight is 336 g/mol. The Kier molecular flexibility index (Phi) is 4.50. The molecule has 0 saturated carbocycles. The van der Waals surface area contributed by atoms with Crippen LogP contribution in [0.3, 0.4) is 0 Å². The molecule has 1 heterocycles. The molecule has 0 bridgehead atoms. The highest BCUT2D eigenvalue weighted by Gasteiger charge is 2.06. The molecule has 0 aliphatic carbocycles. The van der Waals surface area contributed by atoms with Gasteiger partial charge in [-0.05, 0) is 29.8 Å². The van der Waals surface area contributed by atoms with Gasteiger partial charge in [-0.25, -0.2) is 4.98 Å². The second-order valence-corrected chi connectivity index (χ2v) is 5.58. The molecule has 0 saturated heterocycles. The zero-order chi connectivity index (χ0) is 13.8. The number of nitrogens with two attached hydrogens (primary N) is 1. The molecule has 0 fully saturated rings. The van der Waals surface area contributed by atoms with Gasteiger partial charge in [0.1, 0.15) is 10.8 Å². The minimum atomic E-state index is 0.318. The van der Waals surface area contributed by atoms with E-state index < -0.39 is 0 Å². The summed E-state index contributed by atoms with van der Waals surface area (Å²) in [5.41, 5.74) is 7.46. The van der Waals surface area contributed by atoms with Gasteiger partial charge in [0.05, 0.1) is 5.69 Å². The predicted molar refractivity (Wildman–Crippen MR) is 86.4 cm³/mol. The van der Waals surface area contributed by atoms with Gasteiger partial charge in [-0.15, -0.1) is 0 Å². The third-order valence-corrected chi connectivity index (χ3v) is 3.45. The highest BCUT2D eigenvalue weighted by Crippen LogP contribution is 2.15. The van der Waals surface area contributed by atoms with Crippen LogP contribution in [0.15, 0.2) is 46.9 Å². The van der Waals surface area contributed by atoms with Crippen LogP contribution in [-0.4, -0.2) is 17.0 Å². The van der Waals surface area contributed by atoms with Crippen molar-refractivity contribution in [2.24, 2.45) is 5.73 Å². The first-order chi connectivity index (χ1) is 9.06. The summed E-state index contributed by atoms with van der Waals surface area (Å²) >= 11 is 8.37. The number of hydrogen-bond acceptors (Lipinski definition) is 3. The minimum absolute atomic E-state index is 0.318. The van der Waals surface area contributed by atoms with Gasteiger partial charge < -0.3 is 10.6 Å². The molecule has 0 unspecified atom stereocenters. The van der Waals surface area contributed by atoms with Crippen molar-refractivity contribution in [1.29, 1.82) is 0 Å². The maximum atomic E-state index is 5.60. The normalized spacial score (nSPS) is 10.2. The Labute approximate surface area is 126 Å². The van der Waals surface area contributed by atoms with Crippen molar-refractivity contribution >= 4 is 39.0 Å². The van der Waals surface area contributed by atoms with Crippen LogP contribution < -0.4 is 10.6 Å². The smallest absolute Gasteiger partial charge is 0.129 e. The van der Waals surface area contributed by atoms with Gasteiger partial charge in [0.25, 0.3) is 0 Å². The number of nitrogens with zero attached hydrogens (tertiary/aromatic N) is 2. The van der Waals surface area contributed by atoms with Crippen LogP contribution in [0.4, 0.5) is 5.82 Å². The number of aromatic nitrogens is 1. The van der Waals surface area contributed by atoms with E-state index in [1.54, 1.807) is 0 Å². The van der Waals surface area contributed by atoms with Crippen molar-refractivity contribution in [3.05, 3.63) is 58.2 Å². The van der Waals surface area contributed by atoms with E-state index in [2.05, 4.69) is 37.9 Å². The lowest BCUT2D eigenvalue weighted by molar-refractivity contribution is 0.896. The Morgan fingerprint density at radius 2 is 1.95 bits per heavy atom. The molecule has 98 valence electrons. The molecule has 0 aliphatic rings. The van der Waals surface area contributed by atoms with Gasteiger partial charge in [0.2, 0.25) is 0 Å². The summed E-state index contributed by atoms with van der Waals surface area (Å²) in [7, 11) is 1.99. The van der Waals surface area contributed by atoms with E-state index in [1.807, 2.05) is 37.4 Å². The van der Waals surface area contributed by atoms with Crippen molar-refractivity contribution in [3.8, 4) is 0 Å². The number of halogens is 1. The molecule has 0 atom stereocenters. The van der Waals surface area contributed by atoms with Gasteiger partial charge in [0, 0.05) is 18.1 Å². The van der Waals surface area contributed by atoms with Crippen molar-refractivity contribution in [2.45, 2.75) is 6.54 Å². The molecule has 5 heteroatoms. The molecule has 2 rings (SSSR count). The van der Waals surface area contributed by atoms with Crippen molar-refractivity contribution in [1.82, 2.24) is 4.98 Å². The van der Waals surface area contributed by atoms with E-state index in [0.29, 0.717) is 10.7 Å². The van der Waals surface area contributed by atoms with Crippen LogP contribution >= 0.6 is 28.1 Å². The van der Waals surface area contributed by atoms with Gasteiger partial charge in [0.15, 0.2) is 0 Å². The summed E-state index contributed by atoms with van der Waals surface area (Å²) in [5, 5.41) is 0. The van der Waals surface area contributed by atoms with Gasteiger partial charge in [-0.3, -0.25) is 0 Å². The molecule has 2 aromatic rings. The maximum absolute atomic E-state index is 5.60. The molecule has 0 radical (unpaired) electrons. The molecule has 19 heavy (non-hydrogen) atoms. The predicted octanol–water partition coefficient (Wildman–Crippen LogP) is 3.11. The van der Waals surface area contributed by atoms with E-state index in [9.17, 15) is 0 Å². The second kappa shape index (κ2) is 6.12. The monoisotopic (exact) mass is 335 g/mol. The lowest BCUT2D eigenvalue weighted by Crippen LogP contribution is -2.19. The summed E-state index contributed by atoms with van der Waals surface area (Å²) in [6, 6.07) is 13.9. The summed E-state index contributed by atoms with van der Waals surface area (Å²) in [6.45, 7) is 0.779. The molecule has 1 aromatic carbocycles. The van der Waals surface area contributed by atoms with E-state index in [1.165, 1.54) is 5.56 Å². The Balaban J connectivity index is 2.15. The number of benzene rings is 1. The first-order valence-corrected chi connectivity index (χ1v) is 6.99. The van der Waals surface area contributed by atoms with Crippen LogP contribution in [0, 0.1) is 0 Å². The Morgan fingerprint density at radius 1 is 1.26 bits per heavy atom. The third kappa shape index (κ3) is 3.75. The molecule has 2 N–H and O–H groups in total. The molecule has 1 aromatic heterocycles. The fourth-order valence-electron chi connectivity index (χ4n) is 1.72. The summed E-state index contributed by atoms with van der Waals surface area (Å²) in [4.78, 5) is 6.82. The van der Waals surface area contributed by atoms with Crippen molar-refractivity contribution in [2.75, 3.05) is 11.9 Å². The van der Waals surface area contributed by atoms with Crippen LogP contribution in [0.25, 0.3) is 0 Å². The molecule has 0 amide bonds. The molecule has 0 aliphatic heterocycles. The maximum Gasteiger partial charge on any atom is 0.129 e. The highest BCUT2D eigenvalue weighted by atomic mass is 79.9. The van der Waals surface area contributed by atoms with Crippen molar-refractivity contribution < 1.29 is 0 Å². The highest BCUT2D eigenvalue weighted by molar-refractivity contribution is 9.10. The van der Waals surface area contributed by atoms with Gasteiger partial charge >= 0.3 is 0 Å². The Morgan fingerprint density at radius 3 is 2.58 bits per heavy atom. The van der Waals surface area contributed by atoms with Crippen LogP contribution in [0.1, 0.15) is 11.3 Å². The molecular weight excluding hydrogens is 322 g/mol. The fraction of sp³-hybridized carbons (Fsp3) is 0.143. The van der Waals surface area contributed by atoms with Crippen LogP contribution in [0.2, 0.25) is 0 Å². The number of hydrogen-bond donors (Lipinski definition) is 1. The number of anilines is 1. The summed E-state index contributed by atoms with van der Waals surface area (Å²) in [6.07, 6.45) is 0. The standard InChI is InChI=1S/C14H14BrN3S/c1-18(9-10-5-7-11(15)8-6-10)13-4-2-3-12(17-13)14(16)19/h2-8H,9H2,1H3,(H2,16,19). The average Bonchev–Trinajstić information content (AvgIpc) is 2.41. The topological polar surface area (TPSA) is 42.1 Å².